The van der Waals surface area contributed by atoms with Crippen LogP contribution in [0.25, 0.3) is 0 Å². The summed E-state index contributed by atoms with van der Waals surface area (Å²) in [7, 11) is 4.91. The van der Waals surface area contributed by atoms with E-state index >= 15 is 0 Å². The molecule has 0 amide bonds. The summed E-state index contributed by atoms with van der Waals surface area (Å²) in [6.07, 6.45) is 0.782. The van der Waals surface area contributed by atoms with Gasteiger partial charge in [-0.05, 0) is 48.7 Å². The van der Waals surface area contributed by atoms with Crippen LogP contribution in [0.4, 0.5) is 0 Å². The van der Waals surface area contributed by atoms with Crippen molar-refractivity contribution in [2.75, 3.05) is 21.3 Å². The first-order chi connectivity index (χ1) is 14.5. The average molecular weight is 427 g/mol. The molecule has 0 saturated heterocycles. The summed E-state index contributed by atoms with van der Waals surface area (Å²) in [5.74, 6) is 3.97. The van der Waals surface area contributed by atoms with Gasteiger partial charge in [-0.1, -0.05) is 24.8 Å². The lowest BCUT2D eigenvalue weighted by Gasteiger charge is -2.12. The van der Waals surface area contributed by atoms with E-state index in [0.717, 1.165) is 34.7 Å². The number of aryl methyl sites for hydroxylation is 2. The molecule has 0 atom stereocenters. The zero-order valence-electron chi connectivity index (χ0n) is 17.9. The van der Waals surface area contributed by atoms with Crippen molar-refractivity contribution in [3.05, 3.63) is 59.3 Å². The van der Waals surface area contributed by atoms with Gasteiger partial charge in [-0.25, -0.2) is 4.98 Å². The Morgan fingerprint density at radius 1 is 0.833 bits per heavy atom. The number of methoxy groups -OCH3 is 3. The number of ether oxygens (including phenoxy) is 4. The summed E-state index contributed by atoms with van der Waals surface area (Å²) in [6, 6.07) is 13.5. The molecule has 0 bridgehead atoms. The molecule has 0 N–H and O–H groups in total. The molecule has 6 nitrogen and oxygen atoms in total. The second kappa shape index (κ2) is 10.2. The van der Waals surface area contributed by atoms with Crippen molar-refractivity contribution < 1.29 is 18.9 Å². The minimum Gasteiger partial charge on any atom is -0.497 e. The van der Waals surface area contributed by atoms with Crippen molar-refractivity contribution in [1.29, 1.82) is 0 Å². The Morgan fingerprint density at radius 2 is 1.57 bits per heavy atom. The maximum absolute atomic E-state index is 6.03. The second-order valence-electron chi connectivity index (χ2n) is 6.60. The van der Waals surface area contributed by atoms with Crippen molar-refractivity contribution in [2.45, 2.75) is 31.2 Å². The Hall–Kier alpha value is -2.93. The van der Waals surface area contributed by atoms with Crippen molar-refractivity contribution in [2.24, 2.45) is 0 Å². The van der Waals surface area contributed by atoms with Gasteiger partial charge in [0.2, 0.25) is 5.88 Å². The molecule has 1 heterocycles. The Bertz CT molecular complexity index is 988. The van der Waals surface area contributed by atoms with Crippen molar-refractivity contribution in [3.8, 4) is 28.9 Å². The normalized spacial score (nSPS) is 10.6. The molecule has 2 aromatic carbocycles. The van der Waals surface area contributed by atoms with Gasteiger partial charge in [0, 0.05) is 23.6 Å². The predicted molar refractivity (Wildman–Crippen MR) is 118 cm³/mol. The number of rotatable bonds is 9. The maximum atomic E-state index is 6.03. The highest BCUT2D eigenvalue weighted by Crippen LogP contribution is 2.33. The lowest BCUT2D eigenvalue weighted by Crippen LogP contribution is -1.99. The van der Waals surface area contributed by atoms with Crippen LogP contribution in [-0.2, 0) is 12.2 Å². The van der Waals surface area contributed by atoms with Crippen molar-refractivity contribution in [1.82, 2.24) is 9.97 Å². The molecular weight excluding hydrogens is 400 g/mol. The molecular formula is C23H26N2O4S. The summed E-state index contributed by atoms with van der Waals surface area (Å²) >= 11 is 1.53. The molecule has 0 aliphatic rings. The number of thioether (sulfide) groups is 1. The number of nitrogens with zero attached hydrogens (tertiary/aromatic N) is 2. The number of aromatic nitrogens is 2. The van der Waals surface area contributed by atoms with Gasteiger partial charge < -0.3 is 18.9 Å². The van der Waals surface area contributed by atoms with E-state index in [2.05, 4.69) is 16.9 Å². The highest BCUT2D eigenvalue weighted by Gasteiger charge is 2.11. The highest BCUT2D eigenvalue weighted by molar-refractivity contribution is 7.98. The quantitative estimate of drug-likeness (QED) is 0.333. The van der Waals surface area contributed by atoms with Gasteiger partial charge in [-0.15, -0.1) is 0 Å². The molecule has 0 radical (unpaired) electrons. The zero-order valence-corrected chi connectivity index (χ0v) is 18.7. The maximum Gasteiger partial charge on any atom is 0.223 e. The lowest BCUT2D eigenvalue weighted by molar-refractivity contribution is 0.372. The Balaban J connectivity index is 1.81. The molecule has 0 fully saturated rings. The molecule has 7 heteroatoms. The first kappa shape index (κ1) is 21.8. The van der Waals surface area contributed by atoms with Crippen LogP contribution >= 0.6 is 11.8 Å². The van der Waals surface area contributed by atoms with Gasteiger partial charge in [-0.3, -0.25) is 0 Å². The second-order valence-corrected chi connectivity index (χ2v) is 7.54. The number of benzene rings is 2. The topological polar surface area (TPSA) is 62.7 Å². The van der Waals surface area contributed by atoms with Crippen molar-refractivity contribution >= 4 is 11.8 Å². The number of hydrogen-bond donors (Lipinski definition) is 0. The van der Waals surface area contributed by atoms with Gasteiger partial charge >= 0.3 is 0 Å². The van der Waals surface area contributed by atoms with E-state index < -0.39 is 0 Å². The molecule has 158 valence electrons. The van der Waals surface area contributed by atoms with Crippen LogP contribution in [0.1, 0.15) is 23.7 Å². The van der Waals surface area contributed by atoms with E-state index in [4.69, 9.17) is 18.9 Å². The summed E-state index contributed by atoms with van der Waals surface area (Å²) in [6.45, 7) is 4.06. The number of hydrogen-bond acceptors (Lipinski definition) is 7. The first-order valence-corrected chi connectivity index (χ1v) is 10.6. The smallest absolute Gasteiger partial charge is 0.223 e. The predicted octanol–water partition coefficient (Wildman–Crippen LogP) is 5.46. The van der Waals surface area contributed by atoms with Crippen LogP contribution in [0.15, 0.2) is 47.6 Å². The van der Waals surface area contributed by atoms with Gasteiger partial charge in [0.25, 0.3) is 0 Å². The van der Waals surface area contributed by atoms with Crippen LogP contribution < -0.4 is 18.9 Å². The largest absolute Gasteiger partial charge is 0.497 e. The Labute approximate surface area is 181 Å². The van der Waals surface area contributed by atoms with Gasteiger partial charge in [0.1, 0.15) is 11.5 Å². The highest BCUT2D eigenvalue weighted by atomic mass is 32.2. The molecule has 0 aliphatic carbocycles. The fourth-order valence-electron chi connectivity index (χ4n) is 2.82. The average Bonchev–Trinajstić information content (AvgIpc) is 2.78. The minimum absolute atomic E-state index is 0.495. The van der Waals surface area contributed by atoms with Crippen LogP contribution in [-0.4, -0.2) is 31.3 Å². The van der Waals surface area contributed by atoms with E-state index in [1.54, 1.807) is 21.3 Å². The van der Waals surface area contributed by atoms with Crippen LogP contribution in [0.3, 0.4) is 0 Å². The summed E-state index contributed by atoms with van der Waals surface area (Å²) in [4.78, 5) is 9.21. The molecule has 0 saturated carbocycles. The molecule has 0 spiro atoms. The molecule has 0 unspecified atom stereocenters. The van der Waals surface area contributed by atoms with Gasteiger partial charge in [0.05, 0.1) is 21.3 Å². The van der Waals surface area contributed by atoms with Crippen LogP contribution in [0.5, 0.6) is 28.9 Å². The summed E-state index contributed by atoms with van der Waals surface area (Å²) < 4.78 is 22.2. The third kappa shape index (κ3) is 5.57. The van der Waals surface area contributed by atoms with Gasteiger partial charge in [-0.2, -0.15) is 4.98 Å². The fraction of sp³-hybridized carbons (Fsp3) is 0.304. The van der Waals surface area contributed by atoms with E-state index in [1.165, 1.54) is 11.8 Å². The molecule has 1 aromatic heterocycles. The third-order valence-corrected chi connectivity index (χ3v) is 5.33. The third-order valence-electron chi connectivity index (χ3n) is 4.41. The summed E-state index contributed by atoms with van der Waals surface area (Å²) in [5, 5.41) is 0.650. The zero-order chi connectivity index (χ0) is 21.5. The Morgan fingerprint density at radius 3 is 2.20 bits per heavy atom. The molecule has 3 rings (SSSR count). The van der Waals surface area contributed by atoms with Crippen LogP contribution in [0, 0.1) is 6.92 Å². The van der Waals surface area contributed by atoms with Crippen LogP contribution in [0.2, 0.25) is 0 Å². The first-order valence-electron chi connectivity index (χ1n) is 9.59. The standard InChI is InChI=1S/C23H26N2O4S/c1-6-17-12-22(29-20-8-7-15(2)9-21(20)28-5)25-23(24-17)30-14-16-10-18(26-3)13-19(11-16)27-4/h7-13H,6,14H2,1-5H3. The van der Waals surface area contributed by atoms with Gasteiger partial charge in [0.15, 0.2) is 16.7 Å². The van der Waals surface area contributed by atoms with E-state index in [9.17, 15) is 0 Å². The summed E-state index contributed by atoms with van der Waals surface area (Å²) in [5.41, 5.74) is 3.07. The lowest BCUT2D eigenvalue weighted by atomic mass is 10.2. The molecule has 30 heavy (non-hydrogen) atoms. The van der Waals surface area contributed by atoms with Crippen molar-refractivity contribution in [3.63, 3.8) is 0 Å². The van der Waals surface area contributed by atoms with E-state index in [-0.39, 0.29) is 0 Å². The minimum atomic E-state index is 0.495. The van der Waals surface area contributed by atoms with E-state index in [1.807, 2.05) is 49.4 Å². The monoisotopic (exact) mass is 426 g/mol. The van der Waals surface area contributed by atoms with E-state index in [0.29, 0.717) is 28.3 Å². The molecule has 0 aliphatic heterocycles. The molecule has 3 aromatic rings. The SMILES string of the molecule is CCc1cc(Oc2ccc(C)cc2OC)nc(SCc2cc(OC)cc(OC)c2)n1. The Kier molecular flexibility index (Phi) is 7.41. The fourth-order valence-corrected chi connectivity index (χ4v) is 3.62.